The Bertz CT molecular complexity index is 968. The smallest absolute Gasteiger partial charge is 0.209 e. The summed E-state index contributed by atoms with van der Waals surface area (Å²) >= 11 is 5.12. The number of benzene rings is 2. The quantitative estimate of drug-likeness (QED) is 0.431. The Labute approximate surface area is 151 Å². The van der Waals surface area contributed by atoms with Crippen LogP contribution >= 0.6 is 27.3 Å². The molecule has 6 heteroatoms. The topological polar surface area (TPSA) is 34.5 Å². The zero-order valence-electron chi connectivity index (χ0n) is 12.7. The predicted molar refractivity (Wildman–Crippen MR) is 98.3 cm³/mol. The van der Waals surface area contributed by atoms with E-state index in [1.807, 2.05) is 12.1 Å². The molecule has 0 saturated heterocycles. The highest BCUT2D eigenvalue weighted by Crippen LogP contribution is 2.48. The van der Waals surface area contributed by atoms with E-state index in [1.54, 1.807) is 25.3 Å². The number of halogens is 2. The molecule has 1 aromatic heterocycles. The first-order valence-electron chi connectivity index (χ1n) is 7.31. The van der Waals surface area contributed by atoms with Crippen molar-refractivity contribution in [3.63, 3.8) is 0 Å². The Hall–Kier alpha value is -2.05. The summed E-state index contributed by atoms with van der Waals surface area (Å²) in [6.45, 7) is 0. The maximum atomic E-state index is 13.7. The Morgan fingerprint density at radius 2 is 2.12 bits per heavy atom. The highest BCUT2D eigenvalue weighted by molar-refractivity contribution is 9.10. The van der Waals surface area contributed by atoms with Crippen LogP contribution in [0.25, 0.3) is 11.3 Å². The molecule has 0 fully saturated rings. The fourth-order valence-corrected chi connectivity index (χ4v) is 4.17. The van der Waals surface area contributed by atoms with Crippen LogP contribution in [0.4, 0.5) is 9.52 Å². The first kappa shape index (κ1) is 15.5. The molecule has 0 spiro atoms. The number of rotatable bonds is 3. The molecule has 0 bridgehead atoms. The molecule has 0 saturated carbocycles. The summed E-state index contributed by atoms with van der Waals surface area (Å²) in [5.74, 6) is 0.517. The number of aromatic nitrogens is 1. The number of ether oxygens (including phenoxy) is 1. The Balaban J connectivity index is 1.72. The lowest BCUT2D eigenvalue weighted by atomic mass is 10.1. The van der Waals surface area contributed by atoms with Gasteiger partial charge in [-0.3, -0.25) is 0 Å². The number of hydrogen-bond acceptors (Lipinski definition) is 4. The van der Waals surface area contributed by atoms with Crippen LogP contribution in [0.2, 0.25) is 0 Å². The molecule has 0 amide bonds. The number of methoxy groups -OCH3 is 1. The summed E-state index contributed by atoms with van der Waals surface area (Å²) in [5, 5.41) is 0.621. The Morgan fingerprint density at radius 1 is 1.29 bits per heavy atom. The van der Waals surface area contributed by atoms with E-state index in [2.05, 4.69) is 25.9 Å². The van der Waals surface area contributed by atoms with Crippen molar-refractivity contribution in [1.29, 1.82) is 0 Å². The van der Waals surface area contributed by atoms with Crippen molar-refractivity contribution in [3.8, 4) is 17.0 Å². The molecule has 0 atom stereocenters. The molecule has 120 valence electrons. The van der Waals surface area contributed by atoms with Gasteiger partial charge < -0.3 is 4.74 Å². The molecule has 2 aromatic carbocycles. The second kappa shape index (κ2) is 6.11. The molecule has 0 aliphatic heterocycles. The summed E-state index contributed by atoms with van der Waals surface area (Å²) in [7, 11) is 1.66. The van der Waals surface area contributed by atoms with Crippen molar-refractivity contribution >= 4 is 38.6 Å². The molecule has 3 aromatic rings. The van der Waals surface area contributed by atoms with Gasteiger partial charge in [0.15, 0.2) is 0 Å². The minimum Gasteiger partial charge on any atom is -0.496 e. The van der Waals surface area contributed by atoms with E-state index in [9.17, 15) is 4.39 Å². The third-order valence-corrected chi connectivity index (χ3v) is 5.62. The van der Waals surface area contributed by atoms with Crippen molar-refractivity contribution in [2.24, 2.45) is 4.99 Å². The summed E-state index contributed by atoms with van der Waals surface area (Å²) < 4.78 is 20.2. The molecule has 0 radical (unpaired) electrons. The molecule has 1 aliphatic carbocycles. The van der Waals surface area contributed by atoms with E-state index in [-0.39, 0.29) is 5.82 Å². The van der Waals surface area contributed by atoms with Crippen molar-refractivity contribution in [2.45, 2.75) is 6.42 Å². The fourth-order valence-electron chi connectivity index (χ4n) is 2.78. The summed E-state index contributed by atoms with van der Waals surface area (Å²) in [4.78, 5) is 10.1. The largest absolute Gasteiger partial charge is 0.496 e. The molecule has 0 unspecified atom stereocenters. The Kier molecular flexibility index (Phi) is 3.94. The lowest BCUT2D eigenvalue weighted by Gasteiger charge is -2.08. The second-order valence-electron chi connectivity index (χ2n) is 5.33. The minimum absolute atomic E-state index is 0.290. The molecular formula is C18H12BrFN2OS. The van der Waals surface area contributed by atoms with Gasteiger partial charge >= 0.3 is 0 Å². The van der Waals surface area contributed by atoms with Gasteiger partial charge in [-0.2, -0.15) is 0 Å². The van der Waals surface area contributed by atoms with E-state index >= 15 is 0 Å². The molecule has 4 rings (SSSR count). The number of thiazole rings is 1. The SMILES string of the molecule is COc1ccc(Br)c2c1-c1nc(N=Cc3ccccc3F)sc1C2. The lowest BCUT2D eigenvalue weighted by molar-refractivity contribution is 0.416. The second-order valence-corrected chi connectivity index (χ2v) is 7.24. The van der Waals surface area contributed by atoms with Crippen molar-refractivity contribution in [1.82, 2.24) is 4.98 Å². The number of fused-ring (bicyclic) bond motifs is 3. The van der Waals surface area contributed by atoms with Gasteiger partial charge in [0.25, 0.3) is 0 Å². The van der Waals surface area contributed by atoms with Crippen LogP contribution in [0.1, 0.15) is 16.0 Å². The normalized spacial score (nSPS) is 12.5. The van der Waals surface area contributed by atoms with Gasteiger partial charge in [-0.15, -0.1) is 0 Å². The zero-order valence-corrected chi connectivity index (χ0v) is 15.1. The van der Waals surface area contributed by atoms with Crippen LogP contribution in [0.5, 0.6) is 5.75 Å². The number of aliphatic imine (C=N–C) groups is 1. The molecule has 1 aliphatic rings. The lowest BCUT2D eigenvalue weighted by Crippen LogP contribution is -1.90. The standard InChI is InChI=1S/C18H12BrFN2OS/c1-23-14-7-6-12(19)11-8-15-17(16(11)14)22-18(24-15)21-9-10-4-2-3-5-13(10)20/h2-7,9H,8H2,1H3. The molecule has 0 N–H and O–H groups in total. The molecule has 1 heterocycles. The predicted octanol–water partition coefficient (Wildman–Crippen LogP) is 5.38. The van der Waals surface area contributed by atoms with Gasteiger partial charge in [-0.25, -0.2) is 14.4 Å². The van der Waals surface area contributed by atoms with E-state index in [0.717, 1.165) is 32.8 Å². The van der Waals surface area contributed by atoms with E-state index < -0.39 is 0 Å². The van der Waals surface area contributed by atoms with Gasteiger partial charge in [-0.1, -0.05) is 45.5 Å². The Morgan fingerprint density at radius 3 is 2.92 bits per heavy atom. The van der Waals surface area contributed by atoms with Gasteiger partial charge in [0.1, 0.15) is 11.6 Å². The summed E-state index contributed by atoms with van der Waals surface area (Å²) in [6, 6.07) is 10.5. The van der Waals surface area contributed by atoms with Crippen LogP contribution in [0, 0.1) is 5.82 Å². The van der Waals surface area contributed by atoms with E-state index in [0.29, 0.717) is 10.7 Å². The average Bonchev–Trinajstić information content (AvgIpc) is 3.13. The maximum absolute atomic E-state index is 13.7. The van der Waals surface area contributed by atoms with Crippen molar-refractivity contribution in [2.75, 3.05) is 7.11 Å². The van der Waals surface area contributed by atoms with Gasteiger partial charge in [-0.05, 0) is 23.8 Å². The first-order valence-corrected chi connectivity index (χ1v) is 8.92. The van der Waals surface area contributed by atoms with Crippen LogP contribution < -0.4 is 4.74 Å². The van der Waals surface area contributed by atoms with Crippen LogP contribution in [-0.4, -0.2) is 18.3 Å². The van der Waals surface area contributed by atoms with E-state index in [4.69, 9.17) is 4.74 Å². The van der Waals surface area contributed by atoms with Crippen LogP contribution in [0.3, 0.4) is 0 Å². The highest BCUT2D eigenvalue weighted by Gasteiger charge is 2.28. The van der Waals surface area contributed by atoms with Gasteiger partial charge in [0, 0.05) is 33.1 Å². The highest BCUT2D eigenvalue weighted by atomic mass is 79.9. The fraction of sp³-hybridized carbons (Fsp3) is 0.111. The third kappa shape index (κ3) is 2.56. The van der Waals surface area contributed by atoms with Crippen LogP contribution in [-0.2, 0) is 6.42 Å². The number of hydrogen-bond donors (Lipinski definition) is 0. The first-order chi connectivity index (χ1) is 11.7. The molecule has 3 nitrogen and oxygen atoms in total. The average molecular weight is 403 g/mol. The molecular weight excluding hydrogens is 391 g/mol. The zero-order chi connectivity index (χ0) is 16.7. The van der Waals surface area contributed by atoms with E-state index in [1.165, 1.54) is 29.2 Å². The summed E-state index contributed by atoms with van der Waals surface area (Å²) in [5.41, 5.74) is 3.57. The van der Waals surface area contributed by atoms with Crippen LogP contribution in [0.15, 0.2) is 45.9 Å². The maximum Gasteiger partial charge on any atom is 0.209 e. The molecule has 24 heavy (non-hydrogen) atoms. The van der Waals surface area contributed by atoms with Gasteiger partial charge in [0.2, 0.25) is 5.13 Å². The minimum atomic E-state index is -0.290. The van der Waals surface area contributed by atoms with Crippen molar-refractivity contribution < 1.29 is 9.13 Å². The monoisotopic (exact) mass is 402 g/mol. The summed E-state index contributed by atoms with van der Waals surface area (Å²) in [6.07, 6.45) is 2.32. The van der Waals surface area contributed by atoms with Crippen molar-refractivity contribution in [3.05, 3.63) is 62.7 Å². The number of nitrogens with zero attached hydrogens (tertiary/aromatic N) is 2. The van der Waals surface area contributed by atoms with Gasteiger partial charge in [0.05, 0.1) is 12.8 Å². The third-order valence-electron chi connectivity index (χ3n) is 3.92.